The molecule has 0 bridgehead atoms. The van der Waals surface area contributed by atoms with E-state index < -0.39 is 28.9 Å². The molecule has 5 heteroatoms. The predicted octanol–water partition coefficient (Wildman–Crippen LogP) is 3.50. The van der Waals surface area contributed by atoms with Gasteiger partial charge in [-0.3, -0.25) is 0 Å². The number of aliphatic hydroxyl groups is 1. The van der Waals surface area contributed by atoms with E-state index in [1.165, 1.54) is 19.1 Å². The number of halogens is 4. The molecule has 0 aliphatic rings. The maximum absolute atomic E-state index is 13.7. The summed E-state index contributed by atoms with van der Waals surface area (Å²) in [5, 5.41) is 10.3. The Bertz CT molecular complexity index is 623. The Morgan fingerprint density at radius 3 is 2.21 bits per heavy atom. The van der Waals surface area contributed by atoms with Gasteiger partial charge in [0.05, 0.1) is 0 Å². The largest absolute Gasteiger partial charge is 0.381 e. The van der Waals surface area contributed by atoms with Gasteiger partial charge < -0.3 is 5.11 Å². The summed E-state index contributed by atoms with van der Waals surface area (Å²) in [5.74, 6) is -4.61. The Morgan fingerprint density at radius 1 is 0.895 bits per heavy atom. The minimum absolute atomic E-state index is 0.0732. The summed E-state index contributed by atoms with van der Waals surface area (Å²) in [6.07, 6.45) is 0. The molecular weight excluding hydrogens is 260 g/mol. The molecule has 0 aliphatic carbocycles. The molecule has 0 fully saturated rings. The van der Waals surface area contributed by atoms with E-state index >= 15 is 0 Å². The van der Waals surface area contributed by atoms with Crippen molar-refractivity contribution in [2.24, 2.45) is 0 Å². The smallest absolute Gasteiger partial charge is 0.165 e. The van der Waals surface area contributed by atoms with E-state index in [-0.39, 0.29) is 11.1 Å². The lowest BCUT2D eigenvalue weighted by Crippen LogP contribution is -2.25. The van der Waals surface area contributed by atoms with Crippen LogP contribution in [0.25, 0.3) is 0 Å². The van der Waals surface area contributed by atoms with E-state index in [1.54, 1.807) is 0 Å². The number of rotatable bonds is 2. The van der Waals surface area contributed by atoms with E-state index in [9.17, 15) is 22.7 Å². The molecule has 1 atom stereocenters. The van der Waals surface area contributed by atoms with Crippen LogP contribution in [-0.2, 0) is 5.60 Å². The van der Waals surface area contributed by atoms with Gasteiger partial charge in [-0.05, 0) is 30.7 Å². The normalized spacial score (nSPS) is 14.2. The molecule has 2 aromatic carbocycles. The van der Waals surface area contributed by atoms with Gasteiger partial charge in [0.15, 0.2) is 23.3 Å². The Kier molecular flexibility index (Phi) is 3.32. The van der Waals surface area contributed by atoms with Crippen molar-refractivity contribution in [1.29, 1.82) is 0 Å². The summed E-state index contributed by atoms with van der Waals surface area (Å²) < 4.78 is 52.8. The van der Waals surface area contributed by atoms with Crippen LogP contribution in [0.4, 0.5) is 17.6 Å². The summed E-state index contributed by atoms with van der Waals surface area (Å²) >= 11 is 0. The first-order valence-corrected chi connectivity index (χ1v) is 5.46. The highest BCUT2D eigenvalue weighted by Gasteiger charge is 2.30. The Hall–Kier alpha value is -1.88. The van der Waals surface area contributed by atoms with Crippen molar-refractivity contribution in [2.75, 3.05) is 0 Å². The third kappa shape index (κ3) is 2.33. The molecule has 0 heterocycles. The second-order valence-electron chi connectivity index (χ2n) is 4.30. The summed E-state index contributed by atoms with van der Waals surface area (Å²) in [4.78, 5) is 0. The molecule has 100 valence electrons. The number of hydrogen-bond acceptors (Lipinski definition) is 1. The van der Waals surface area contributed by atoms with Crippen LogP contribution in [0.5, 0.6) is 0 Å². The molecule has 0 aliphatic heterocycles. The van der Waals surface area contributed by atoms with Crippen LogP contribution in [0.15, 0.2) is 36.4 Å². The molecular formula is C14H10F4O. The van der Waals surface area contributed by atoms with Gasteiger partial charge in [0.2, 0.25) is 0 Å². The van der Waals surface area contributed by atoms with Crippen molar-refractivity contribution in [1.82, 2.24) is 0 Å². The zero-order valence-electron chi connectivity index (χ0n) is 9.92. The molecule has 1 nitrogen and oxygen atoms in total. The minimum Gasteiger partial charge on any atom is -0.381 e. The van der Waals surface area contributed by atoms with Crippen molar-refractivity contribution >= 4 is 0 Å². The topological polar surface area (TPSA) is 20.2 Å². The van der Waals surface area contributed by atoms with Crippen molar-refractivity contribution < 1.29 is 22.7 Å². The molecule has 2 aromatic rings. The highest BCUT2D eigenvalue weighted by molar-refractivity contribution is 5.36. The predicted molar refractivity (Wildman–Crippen MR) is 61.4 cm³/mol. The van der Waals surface area contributed by atoms with Crippen LogP contribution in [-0.4, -0.2) is 5.11 Å². The van der Waals surface area contributed by atoms with Crippen LogP contribution in [0.3, 0.4) is 0 Å². The Labute approximate surface area is 107 Å². The lowest BCUT2D eigenvalue weighted by molar-refractivity contribution is 0.0965. The van der Waals surface area contributed by atoms with Gasteiger partial charge in [-0.25, -0.2) is 17.6 Å². The van der Waals surface area contributed by atoms with E-state index in [0.29, 0.717) is 0 Å². The van der Waals surface area contributed by atoms with Gasteiger partial charge in [0.25, 0.3) is 0 Å². The van der Waals surface area contributed by atoms with Crippen LogP contribution in [0, 0.1) is 23.3 Å². The third-order valence-corrected chi connectivity index (χ3v) is 2.96. The molecule has 1 unspecified atom stereocenters. The summed E-state index contributed by atoms with van der Waals surface area (Å²) in [5.41, 5.74) is -2.39. The van der Waals surface area contributed by atoms with Crippen LogP contribution in [0.1, 0.15) is 18.1 Å². The standard InChI is InChI=1S/C14H10F4O/c1-14(19,8-5-6-10(15)12(17)7-8)9-3-2-4-11(16)13(9)18/h2-7,19H,1H3. The first-order chi connectivity index (χ1) is 8.84. The van der Waals surface area contributed by atoms with Gasteiger partial charge in [-0.15, -0.1) is 0 Å². The third-order valence-electron chi connectivity index (χ3n) is 2.96. The second kappa shape index (κ2) is 4.66. The monoisotopic (exact) mass is 270 g/mol. The molecule has 0 radical (unpaired) electrons. The Balaban J connectivity index is 2.58. The zero-order chi connectivity index (χ0) is 14.2. The molecule has 0 saturated carbocycles. The molecule has 1 N–H and O–H groups in total. The fourth-order valence-corrected chi connectivity index (χ4v) is 1.83. The van der Waals surface area contributed by atoms with Crippen molar-refractivity contribution in [2.45, 2.75) is 12.5 Å². The molecule has 0 spiro atoms. The molecule has 0 aromatic heterocycles. The van der Waals surface area contributed by atoms with Crippen molar-refractivity contribution in [3.05, 3.63) is 70.8 Å². The molecule has 19 heavy (non-hydrogen) atoms. The fourth-order valence-electron chi connectivity index (χ4n) is 1.83. The first kappa shape index (κ1) is 13.5. The second-order valence-corrected chi connectivity index (χ2v) is 4.30. The van der Waals surface area contributed by atoms with Gasteiger partial charge in [-0.1, -0.05) is 18.2 Å². The lowest BCUT2D eigenvalue weighted by atomic mass is 9.87. The first-order valence-electron chi connectivity index (χ1n) is 5.46. The van der Waals surface area contributed by atoms with E-state index in [2.05, 4.69) is 0 Å². The van der Waals surface area contributed by atoms with Crippen LogP contribution < -0.4 is 0 Å². The number of hydrogen-bond donors (Lipinski definition) is 1. The highest BCUT2D eigenvalue weighted by atomic mass is 19.2. The van der Waals surface area contributed by atoms with Gasteiger partial charge in [0.1, 0.15) is 5.60 Å². The van der Waals surface area contributed by atoms with Crippen molar-refractivity contribution in [3.8, 4) is 0 Å². The zero-order valence-corrected chi connectivity index (χ0v) is 9.92. The minimum atomic E-state index is -1.97. The maximum atomic E-state index is 13.7. The van der Waals surface area contributed by atoms with Gasteiger partial charge >= 0.3 is 0 Å². The Morgan fingerprint density at radius 2 is 1.58 bits per heavy atom. The van der Waals surface area contributed by atoms with Crippen LogP contribution >= 0.6 is 0 Å². The van der Waals surface area contributed by atoms with Gasteiger partial charge in [-0.2, -0.15) is 0 Å². The molecule has 0 amide bonds. The summed E-state index contributed by atoms with van der Waals surface area (Å²) in [7, 11) is 0. The van der Waals surface area contributed by atoms with E-state index in [4.69, 9.17) is 0 Å². The maximum Gasteiger partial charge on any atom is 0.165 e. The summed E-state index contributed by atoms with van der Waals surface area (Å²) in [6.45, 7) is 1.18. The van der Waals surface area contributed by atoms with E-state index in [0.717, 1.165) is 24.3 Å². The number of benzene rings is 2. The van der Waals surface area contributed by atoms with Crippen LogP contribution in [0.2, 0.25) is 0 Å². The fraction of sp³-hybridized carbons (Fsp3) is 0.143. The SMILES string of the molecule is CC(O)(c1ccc(F)c(F)c1)c1cccc(F)c1F. The highest BCUT2D eigenvalue weighted by Crippen LogP contribution is 2.32. The van der Waals surface area contributed by atoms with Gasteiger partial charge in [0, 0.05) is 5.56 Å². The molecule has 2 rings (SSSR count). The lowest BCUT2D eigenvalue weighted by Gasteiger charge is -2.25. The average molecular weight is 270 g/mol. The molecule has 0 saturated heterocycles. The quantitative estimate of drug-likeness (QED) is 0.828. The average Bonchev–Trinajstić information content (AvgIpc) is 2.35. The summed E-state index contributed by atoms with van der Waals surface area (Å²) in [6, 6.07) is 5.99. The van der Waals surface area contributed by atoms with E-state index in [1.807, 2.05) is 0 Å². The van der Waals surface area contributed by atoms with Crippen molar-refractivity contribution in [3.63, 3.8) is 0 Å².